The molecule has 0 amide bonds. The molecule has 4 heteroatoms. The molecular formula is C14H16BrNOS. The topological polar surface area (TPSA) is 35.2 Å². The van der Waals surface area contributed by atoms with E-state index in [9.17, 15) is 0 Å². The first kappa shape index (κ1) is 13.6. The lowest BCUT2D eigenvalue weighted by molar-refractivity contribution is 0.412. The second-order valence-corrected chi connectivity index (χ2v) is 6.08. The Labute approximate surface area is 120 Å². The number of nitrogens with two attached hydrogens (primary N) is 1. The Morgan fingerprint density at radius 2 is 2.11 bits per heavy atom. The van der Waals surface area contributed by atoms with Gasteiger partial charge in [-0.25, -0.2) is 0 Å². The first-order valence-corrected chi connectivity index (χ1v) is 7.44. The number of benzene rings is 1. The number of halogens is 1. The Kier molecular flexibility index (Phi) is 4.43. The molecule has 0 saturated heterocycles. The Morgan fingerprint density at radius 3 is 2.67 bits per heavy atom. The summed E-state index contributed by atoms with van der Waals surface area (Å²) >= 11 is 5.27. The van der Waals surface area contributed by atoms with Crippen molar-refractivity contribution in [3.63, 3.8) is 0 Å². The summed E-state index contributed by atoms with van der Waals surface area (Å²) in [5.41, 5.74) is 7.38. The summed E-state index contributed by atoms with van der Waals surface area (Å²) in [4.78, 5) is 2.57. The van der Waals surface area contributed by atoms with Gasteiger partial charge in [-0.3, -0.25) is 0 Å². The van der Waals surface area contributed by atoms with E-state index in [-0.39, 0.29) is 6.04 Å². The third kappa shape index (κ3) is 2.76. The van der Waals surface area contributed by atoms with Gasteiger partial charge >= 0.3 is 0 Å². The number of ether oxygens (including phenoxy) is 1. The first-order valence-electron chi connectivity index (χ1n) is 5.83. The molecule has 0 aliphatic rings. The summed E-state index contributed by atoms with van der Waals surface area (Å²) < 4.78 is 6.16. The van der Waals surface area contributed by atoms with E-state index in [4.69, 9.17) is 10.5 Å². The van der Waals surface area contributed by atoms with Crippen LogP contribution in [0.5, 0.6) is 5.75 Å². The lowest BCUT2D eigenvalue weighted by Crippen LogP contribution is -2.10. The SMILES string of the molecule is CCc1ccc(C(N)c2ccc(OC)c(Br)c2)s1. The highest BCUT2D eigenvalue weighted by molar-refractivity contribution is 9.10. The van der Waals surface area contributed by atoms with Crippen LogP contribution in [0.3, 0.4) is 0 Å². The monoisotopic (exact) mass is 325 g/mol. The third-order valence-electron chi connectivity index (χ3n) is 2.87. The minimum atomic E-state index is -0.0718. The van der Waals surface area contributed by atoms with Crippen molar-refractivity contribution in [3.8, 4) is 5.75 Å². The highest BCUT2D eigenvalue weighted by Gasteiger charge is 2.13. The average molecular weight is 326 g/mol. The van der Waals surface area contributed by atoms with E-state index in [0.717, 1.165) is 22.2 Å². The molecular weight excluding hydrogens is 310 g/mol. The lowest BCUT2D eigenvalue weighted by atomic mass is 10.1. The highest BCUT2D eigenvalue weighted by Crippen LogP contribution is 2.32. The number of thiophene rings is 1. The molecule has 1 aromatic heterocycles. The van der Waals surface area contributed by atoms with Crippen LogP contribution in [0.1, 0.15) is 28.3 Å². The molecule has 18 heavy (non-hydrogen) atoms. The predicted octanol–water partition coefficient (Wildman–Crippen LogP) is 4.13. The summed E-state index contributed by atoms with van der Waals surface area (Å²) in [7, 11) is 1.66. The van der Waals surface area contributed by atoms with Crippen molar-refractivity contribution in [1.82, 2.24) is 0 Å². The quantitative estimate of drug-likeness (QED) is 0.917. The summed E-state index contributed by atoms with van der Waals surface area (Å²) in [5.74, 6) is 0.825. The van der Waals surface area contributed by atoms with Crippen molar-refractivity contribution in [1.29, 1.82) is 0 Å². The maximum atomic E-state index is 6.29. The standard InChI is InChI=1S/C14H16BrNOS/c1-3-10-5-7-13(18-10)14(16)9-4-6-12(17-2)11(15)8-9/h4-8,14H,3,16H2,1-2H3. The molecule has 1 unspecified atom stereocenters. The molecule has 1 atom stereocenters. The smallest absolute Gasteiger partial charge is 0.133 e. The number of rotatable bonds is 4. The fourth-order valence-electron chi connectivity index (χ4n) is 1.79. The average Bonchev–Trinajstić information content (AvgIpc) is 2.86. The molecule has 0 fully saturated rings. The Morgan fingerprint density at radius 1 is 1.33 bits per heavy atom. The number of aryl methyl sites for hydroxylation is 1. The number of hydrogen-bond donors (Lipinski definition) is 1. The predicted molar refractivity (Wildman–Crippen MR) is 80.4 cm³/mol. The van der Waals surface area contributed by atoms with Crippen LogP contribution in [0.2, 0.25) is 0 Å². The fourth-order valence-corrected chi connectivity index (χ4v) is 3.33. The lowest BCUT2D eigenvalue weighted by Gasteiger charge is -2.12. The maximum absolute atomic E-state index is 6.29. The van der Waals surface area contributed by atoms with Gasteiger partial charge in [-0.1, -0.05) is 13.0 Å². The van der Waals surface area contributed by atoms with Gasteiger partial charge in [0.05, 0.1) is 17.6 Å². The van der Waals surface area contributed by atoms with Gasteiger partial charge in [-0.05, 0) is 52.2 Å². The second kappa shape index (κ2) is 5.87. The van der Waals surface area contributed by atoms with Crippen molar-refractivity contribution in [2.24, 2.45) is 5.73 Å². The molecule has 1 aromatic carbocycles. The van der Waals surface area contributed by atoms with E-state index in [1.54, 1.807) is 18.4 Å². The second-order valence-electron chi connectivity index (χ2n) is 4.03. The molecule has 0 bridgehead atoms. The molecule has 2 rings (SSSR count). The van der Waals surface area contributed by atoms with Gasteiger partial charge < -0.3 is 10.5 Å². The largest absolute Gasteiger partial charge is 0.496 e. The Hall–Kier alpha value is -0.840. The maximum Gasteiger partial charge on any atom is 0.133 e. The summed E-state index contributed by atoms with van der Waals surface area (Å²) in [6, 6.07) is 10.2. The van der Waals surface area contributed by atoms with Crippen LogP contribution in [0.15, 0.2) is 34.8 Å². The van der Waals surface area contributed by atoms with Crippen LogP contribution in [0, 0.1) is 0 Å². The van der Waals surface area contributed by atoms with Gasteiger partial charge in [0.15, 0.2) is 0 Å². The van der Waals surface area contributed by atoms with Gasteiger partial charge in [0.2, 0.25) is 0 Å². The van der Waals surface area contributed by atoms with Gasteiger partial charge in [0, 0.05) is 9.75 Å². The van der Waals surface area contributed by atoms with Gasteiger partial charge in [0.1, 0.15) is 5.75 Å². The van der Waals surface area contributed by atoms with Gasteiger partial charge in [-0.15, -0.1) is 11.3 Å². The number of hydrogen-bond acceptors (Lipinski definition) is 3. The fraction of sp³-hybridized carbons (Fsp3) is 0.286. The third-order valence-corrected chi connectivity index (χ3v) is 4.80. The van der Waals surface area contributed by atoms with Crippen molar-refractivity contribution >= 4 is 27.3 Å². The summed E-state index contributed by atoms with van der Waals surface area (Å²) in [6.45, 7) is 2.16. The van der Waals surface area contributed by atoms with Crippen LogP contribution in [0.4, 0.5) is 0 Å². The zero-order valence-corrected chi connectivity index (χ0v) is 12.8. The summed E-state index contributed by atoms with van der Waals surface area (Å²) in [5, 5.41) is 0. The van der Waals surface area contributed by atoms with Crippen molar-refractivity contribution in [2.45, 2.75) is 19.4 Å². The minimum Gasteiger partial charge on any atom is -0.496 e. The van der Waals surface area contributed by atoms with Crippen LogP contribution in [-0.4, -0.2) is 7.11 Å². The molecule has 96 valence electrons. The van der Waals surface area contributed by atoms with E-state index in [1.807, 2.05) is 18.2 Å². The molecule has 0 saturated carbocycles. The van der Waals surface area contributed by atoms with E-state index in [1.165, 1.54) is 9.75 Å². The normalized spacial score (nSPS) is 12.4. The molecule has 2 aromatic rings. The molecule has 0 aliphatic heterocycles. The van der Waals surface area contributed by atoms with Gasteiger partial charge in [0.25, 0.3) is 0 Å². The highest BCUT2D eigenvalue weighted by atomic mass is 79.9. The molecule has 0 aliphatic carbocycles. The van der Waals surface area contributed by atoms with E-state index >= 15 is 0 Å². The summed E-state index contributed by atoms with van der Waals surface area (Å²) in [6.07, 6.45) is 1.06. The molecule has 2 N–H and O–H groups in total. The van der Waals surface area contributed by atoms with E-state index in [0.29, 0.717) is 0 Å². The van der Waals surface area contributed by atoms with Crippen molar-refractivity contribution in [3.05, 3.63) is 50.1 Å². The molecule has 1 heterocycles. The molecule has 0 spiro atoms. The van der Waals surface area contributed by atoms with Crippen molar-refractivity contribution in [2.75, 3.05) is 7.11 Å². The van der Waals surface area contributed by atoms with E-state index < -0.39 is 0 Å². The van der Waals surface area contributed by atoms with Crippen LogP contribution in [0.25, 0.3) is 0 Å². The van der Waals surface area contributed by atoms with Crippen LogP contribution < -0.4 is 10.5 Å². The Bertz CT molecular complexity index is 538. The Balaban J connectivity index is 2.27. The van der Waals surface area contributed by atoms with Gasteiger partial charge in [-0.2, -0.15) is 0 Å². The molecule has 0 radical (unpaired) electrons. The van der Waals surface area contributed by atoms with E-state index in [2.05, 4.69) is 35.0 Å². The van der Waals surface area contributed by atoms with Crippen LogP contribution in [-0.2, 0) is 6.42 Å². The number of methoxy groups -OCH3 is 1. The van der Waals surface area contributed by atoms with Crippen molar-refractivity contribution < 1.29 is 4.74 Å². The van der Waals surface area contributed by atoms with Crippen LogP contribution >= 0.6 is 27.3 Å². The minimum absolute atomic E-state index is 0.0718. The first-order chi connectivity index (χ1) is 8.65. The zero-order chi connectivity index (χ0) is 13.1. The zero-order valence-electron chi connectivity index (χ0n) is 10.4. The molecule has 2 nitrogen and oxygen atoms in total.